The van der Waals surface area contributed by atoms with Crippen molar-refractivity contribution in [3.05, 3.63) is 0 Å². The van der Waals surface area contributed by atoms with Crippen LogP contribution in [0.5, 0.6) is 0 Å². The number of ether oxygens (including phenoxy) is 4. The summed E-state index contributed by atoms with van der Waals surface area (Å²) in [5, 5.41) is 10.5. The average Bonchev–Trinajstić information content (AvgIpc) is 3.33. The number of aliphatic hydroxyl groups is 1. The van der Waals surface area contributed by atoms with Crippen molar-refractivity contribution in [1.29, 1.82) is 0 Å². The monoisotopic (exact) mass is 1100 g/mol. The Morgan fingerprint density at radius 1 is 0.365 bits per heavy atom. The second-order valence-electron chi connectivity index (χ2n) is 21.4. The molecule has 0 radical (unpaired) electrons. The Labute approximate surface area is 447 Å². The van der Waals surface area contributed by atoms with Crippen LogP contribution in [0.25, 0.3) is 0 Å². The maximum Gasteiger partial charge on any atom is 0.472 e. The fraction of sp³-hybridized carbons (Fsp3) is 0.927. The molecular weight excluding hydrogens is 995 g/mol. The van der Waals surface area contributed by atoms with Gasteiger partial charge in [0.05, 0.1) is 26.4 Å². The topological polar surface area (TPSA) is 237 Å². The lowest BCUT2D eigenvalue weighted by molar-refractivity contribution is -0.161. The predicted molar refractivity (Wildman–Crippen MR) is 289 cm³/mol. The molecule has 0 rings (SSSR count). The summed E-state index contributed by atoms with van der Waals surface area (Å²) in [5.41, 5.74) is 0. The molecule has 19 heteroatoms. The van der Waals surface area contributed by atoms with Gasteiger partial charge in [0, 0.05) is 25.7 Å². The van der Waals surface area contributed by atoms with Gasteiger partial charge in [0.1, 0.15) is 19.3 Å². The van der Waals surface area contributed by atoms with Crippen LogP contribution >= 0.6 is 15.6 Å². The maximum absolute atomic E-state index is 12.9. The van der Waals surface area contributed by atoms with Gasteiger partial charge in [0.15, 0.2) is 12.2 Å². The molecule has 0 aliphatic rings. The molecule has 0 aromatic rings. The minimum atomic E-state index is -4.93. The average molecular weight is 1100 g/mol. The first-order valence-corrected chi connectivity index (χ1v) is 31.8. The fourth-order valence-electron chi connectivity index (χ4n) is 7.89. The summed E-state index contributed by atoms with van der Waals surface area (Å²) in [6.45, 7) is 11.4. The van der Waals surface area contributed by atoms with E-state index in [1.165, 1.54) is 44.9 Å². The Hall–Kier alpha value is -1.94. The van der Waals surface area contributed by atoms with Crippen LogP contribution in [0.4, 0.5) is 0 Å². The second-order valence-corrected chi connectivity index (χ2v) is 24.3. The van der Waals surface area contributed by atoms with Crippen molar-refractivity contribution in [3.63, 3.8) is 0 Å². The van der Waals surface area contributed by atoms with E-state index in [1.54, 1.807) is 0 Å². The molecule has 0 aliphatic carbocycles. The Bertz CT molecular complexity index is 1500. The third-order valence-electron chi connectivity index (χ3n) is 12.4. The molecule has 0 saturated carbocycles. The molecule has 0 aromatic heterocycles. The standard InChI is InChI=1S/C55H106O17P2/c1-8-9-10-11-12-22-29-36-52(57)65-42-50(71-54(59)38-31-24-17-14-20-27-34-47(4)5)44-69-73(61,62)67-40-49(56)41-68-74(63,64)70-45-51(72-55(60)39-32-25-18-15-21-28-35-48(6)7)43-66-53(58)37-30-23-16-13-19-26-33-46(2)3/h46-51,56H,8-45H2,1-7H3,(H,61,62)(H,63,64)/t49-,50+,51+/m0/s1. The number of aliphatic hydroxyl groups excluding tert-OH is 1. The van der Waals surface area contributed by atoms with Gasteiger partial charge in [-0.3, -0.25) is 37.3 Å². The predicted octanol–water partition coefficient (Wildman–Crippen LogP) is 14.0. The molecule has 3 N–H and O–H groups in total. The SMILES string of the molecule is CCCCCCCCCC(=O)OC[C@H](COP(=O)(O)OC[C@H](O)COP(=O)(O)OC[C@@H](COC(=O)CCCCCCCCC(C)C)OC(=O)CCCCCCCCC(C)C)OC(=O)CCCCCCCCC(C)C. The minimum Gasteiger partial charge on any atom is -0.462 e. The van der Waals surface area contributed by atoms with E-state index >= 15 is 0 Å². The highest BCUT2D eigenvalue weighted by molar-refractivity contribution is 7.47. The fourth-order valence-corrected chi connectivity index (χ4v) is 9.47. The normalized spacial score (nSPS) is 14.7. The summed E-state index contributed by atoms with van der Waals surface area (Å²) in [4.78, 5) is 71.5. The highest BCUT2D eigenvalue weighted by Crippen LogP contribution is 2.45. The molecule has 0 saturated heterocycles. The van der Waals surface area contributed by atoms with Gasteiger partial charge in [0.2, 0.25) is 0 Å². The molecule has 438 valence electrons. The number of hydrogen-bond acceptors (Lipinski definition) is 15. The first-order chi connectivity index (χ1) is 35.2. The maximum atomic E-state index is 12.9. The minimum absolute atomic E-state index is 0.100. The van der Waals surface area contributed by atoms with Crippen LogP contribution in [0.2, 0.25) is 0 Å². The van der Waals surface area contributed by atoms with Crippen LogP contribution in [0.3, 0.4) is 0 Å². The van der Waals surface area contributed by atoms with Gasteiger partial charge < -0.3 is 33.8 Å². The molecule has 0 bridgehead atoms. The first-order valence-electron chi connectivity index (χ1n) is 28.8. The Morgan fingerprint density at radius 2 is 0.622 bits per heavy atom. The van der Waals surface area contributed by atoms with Crippen molar-refractivity contribution >= 4 is 39.5 Å². The summed E-state index contributed by atoms with van der Waals surface area (Å²) in [6, 6.07) is 0. The van der Waals surface area contributed by atoms with E-state index in [-0.39, 0.29) is 25.7 Å². The van der Waals surface area contributed by atoms with Crippen LogP contribution < -0.4 is 0 Å². The lowest BCUT2D eigenvalue weighted by atomic mass is 10.0. The van der Waals surface area contributed by atoms with Gasteiger partial charge in [-0.25, -0.2) is 9.13 Å². The van der Waals surface area contributed by atoms with Crippen molar-refractivity contribution in [2.45, 2.75) is 272 Å². The molecule has 74 heavy (non-hydrogen) atoms. The lowest BCUT2D eigenvalue weighted by Gasteiger charge is -2.21. The zero-order valence-electron chi connectivity index (χ0n) is 47.3. The molecule has 2 unspecified atom stereocenters. The van der Waals surface area contributed by atoms with E-state index in [4.69, 9.17) is 37.0 Å². The largest absolute Gasteiger partial charge is 0.472 e. The number of unbranched alkanes of at least 4 members (excludes halogenated alkanes) is 21. The van der Waals surface area contributed by atoms with Gasteiger partial charge in [-0.2, -0.15) is 0 Å². The Kier molecular flexibility index (Phi) is 45.9. The summed E-state index contributed by atoms with van der Waals surface area (Å²) < 4.78 is 67.4. The molecule has 0 aromatic carbocycles. The van der Waals surface area contributed by atoms with E-state index < -0.39 is 97.5 Å². The highest BCUT2D eigenvalue weighted by Gasteiger charge is 2.30. The van der Waals surface area contributed by atoms with E-state index in [2.05, 4.69) is 48.5 Å². The quantitative estimate of drug-likeness (QED) is 0.0222. The molecule has 5 atom stereocenters. The Balaban J connectivity index is 5.22. The molecule has 0 fully saturated rings. The van der Waals surface area contributed by atoms with E-state index in [9.17, 15) is 43.2 Å². The summed E-state index contributed by atoms with van der Waals surface area (Å²) >= 11 is 0. The summed E-state index contributed by atoms with van der Waals surface area (Å²) in [6.07, 6.45) is 24.5. The number of carbonyl (C=O) groups excluding carboxylic acids is 4. The van der Waals surface area contributed by atoms with E-state index in [0.29, 0.717) is 43.4 Å². The Morgan fingerprint density at radius 3 is 0.919 bits per heavy atom. The zero-order valence-corrected chi connectivity index (χ0v) is 49.1. The number of carbonyl (C=O) groups is 4. The number of phosphoric acid groups is 2. The third kappa shape index (κ3) is 49.6. The first kappa shape index (κ1) is 72.1. The van der Waals surface area contributed by atoms with Crippen LogP contribution in [0.15, 0.2) is 0 Å². The van der Waals surface area contributed by atoms with Crippen molar-refractivity contribution in [1.82, 2.24) is 0 Å². The zero-order chi connectivity index (χ0) is 55.3. The van der Waals surface area contributed by atoms with Crippen LogP contribution in [-0.4, -0.2) is 96.7 Å². The van der Waals surface area contributed by atoms with Gasteiger partial charge in [0.25, 0.3) is 0 Å². The van der Waals surface area contributed by atoms with Crippen molar-refractivity contribution in [3.8, 4) is 0 Å². The molecule has 0 spiro atoms. The number of rotatable bonds is 53. The highest BCUT2D eigenvalue weighted by atomic mass is 31.2. The van der Waals surface area contributed by atoms with Crippen LogP contribution in [0.1, 0.15) is 254 Å². The molecule has 0 aliphatic heterocycles. The van der Waals surface area contributed by atoms with Gasteiger partial charge in [-0.05, 0) is 43.4 Å². The molecule has 0 amide bonds. The molecule has 17 nitrogen and oxygen atoms in total. The number of phosphoric ester groups is 2. The van der Waals surface area contributed by atoms with Crippen LogP contribution in [0, 0.1) is 17.8 Å². The lowest BCUT2D eigenvalue weighted by Crippen LogP contribution is -2.30. The van der Waals surface area contributed by atoms with Crippen molar-refractivity contribution in [2.75, 3.05) is 39.6 Å². The van der Waals surface area contributed by atoms with E-state index in [1.807, 2.05) is 0 Å². The van der Waals surface area contributed by atoms with E-state index in [0.717, 1.165) is 109 Å². The van der Waals surface area contributed by atoms with Crippen LogP contribution in [-0.2, 0) is 65.4 Å². The summed E-state index contributed by atoms with van der Waals surface area (Å²) in [5.74, 6) is -0.144. The molecular formula is C55H106O17P2. The second kappa shape index (κ2) is 47.1. The van der Waals surface area contributed by atoms with Gasteiger partial charge >= 0.3 is 39.5 Å². The number of esters is 4. The van der Waals surface area contributed by atoms with Gasteiger partial charge in [-0.1, -0.05) is 203 Å². The van der Waals surface area contributed by atoms with Crippen molar-refractivity contribution < 1.29 is 80.2 Å². The van der Waals surface area contributed by atoms with Crippen molar-refractivity contribution in [2.24, 2.45) is 17.8 Å². The van der Waals surface area contributed by atoms with Gasteiger partial charge in [-0.15, -0.1) is 0 Å². The molecule has 0 heterocycles. The number of hydrogen-bond donors (Lipinski definition) is 3. The smallest absolute Gasteiger partial charge is 0.462 e. The third-order valence-corrected chi connectivity index (χ3v) is 14.3. The summed E-state index contributed by atoms with van der Waals surface area (Å²) in [7, 11) is -9.86.